The van der Waals surface area contributed by atoms with Gasteiger partial charge in [0.05, 0.1) is 0 Å². The molecule has 0 saturated heterocycles. The molecule has 78 heavy (non-hydrogen) atoms. The number of rotatable bonds is 62. The highest BCUT2D eigenvalue weighted by Crippen LogP contribution is 2.18. The summed E-state index contributed by atoms with van der Waals surface area (Å²) in [6, 6.07) is 0. The van der Waals surface area contributed by atoms with Crippen LogP contribution in [0, 0.1) is 0 Å². The fraction of sp³-hybridized carbons (Fsp3) is 0.792. The number of hydrogen-bond acceptors (Lipinski definition) is 6. The Labute approximate surface area is 484 Å². The van der Waals surface area contributed by atoms with Crippen LogP contribution in [0.5, 0.6) is 0 Å². The molecule has 0 aromatic rings. The molecule has 0 bridgehead atoms. The molecule has 0 amide bonds. The van der Waals surface area contributed by atoms with Crippen molar-refractivity contribution in [2.24, 2.45) is 0 Å². The molecule has 1 unspecified atom stereocenters. The molecule has 6 nitrogen and oxygen atoms in total. The summed E-state index contributed by atoms with van der Waals surface area (Å²) >= 11 is 0. The van der Waals surface area contributed by atoms with Crippen LogP contribution >= 0.6 is 0 Å². The Morgan fingerprint density at radius 2 is 0.500 bits per heavy atom. The molecule has 0 aliphatic heterocycles. The smallest absolute Gasteiger partial charge is 0.306 e. The summed E-state index contributed by atoms with van der Waals surface area (Å²) in [6.07, 6.45) is 86.8. The molecule has 0 aliphatic carbocycles. The van der Waals surface area contributed by atoms with Crippen molar-refractivity contribution in [3.05, 3.63) is 72.9 Å². The molecule has 0 aromatic heterocycles. The molecule has 0 rings (SSSR count). The number of allylic oxidation sites excluding steroid dienone is 12. The van der Waals surface area contributed by atoms with Gasteiger partial charge in [0.1, 0.15) is 13.2 Å². The zero-order valence-corrected chi connectivity index (χ0v) is 51.9. The van der Waals surface area contributed by atoms with E-state index in [1.165, 1.54) is 218 Å². The van der Waals surface area contributed by atoms with Crippen LogP contribution in [0.3, 0.4) is 0 Å². The lowest BCUT2D eigenvalue weighted by Gasteiger charge is -2.18. The van der Waals surface area contributed by atoms with Crippen molar-refractivity contribution in [2.75, 3.05) is 13.2 Å². The van der Waals surface area contributed by atoms with Gasteiger partial charge < -0.3 is 14.2 Å². The van der Waals surface area contributed by atoms with Crippen molar-refractivity contribution in [1.82, 2.24) is 0 Å². The van der Waals surface area contributed by atoms with Crippen LogP contribution in [0.4, 0.5) is 0 Å². The summed E-state index contributed by atoms with van der Waals surface area (Å²) in [5.41, 5.74) is 0. The minimum Gasteiger partial charge on any atom is -0.462 e. The predicted molar refractivity (Wildman–Crippen MR) is 339 cm³/mol. The molecule has 1 atom stereocenters. The van der Waals surface area contributed by atoms with Crippen molar-refractivity contribution in [3.8, 4) is 0 Å². The second kappa shape index (κ2) is 66.4. The SMILES string of the molecule is CC/C=C\C/C=C\C/C=C\C/C=C\CCCCCCCCCCCCC(=O)OC(COC(=O)CCCCCCCC)COC(=O)CCCCCCCCCCCCCCCCCCCCC/C=C\C/C=C\CCCCCCC. The fourth-order valence-electron chi connectivity index (χ4n) is 9.88. The van der Waals surface area contributed by atoms with Gasteiger partial charge >= 0.3 is 17.9 Å². The summed E-state index contributed by atoms with van der Waals surface area (Å²) in [7, 11) is 0. The molecule has 0 fully saturated rings. The fourth-order valence-corrected chi connectivity index (χ4v) is 9.88. The summed E-state index contributed by atoms with van der Waals surface area (Å²) in [5, 5.41) is 0. The van der Waals surface area contributed by atoms with Crippen molar-refractivity contribution in [3.63, 3.8) is 0 Å². The lowest BCUT2D eigenvalue weighted by molar-refractivity contribution is -0.167. The lowest BCUT2D eigenvalue weighted by Crippen LogP contribution is -2.30. The van der Waals surface area contributed by atoms with Gasteiger partial charge in [-0.15, -0.1) is 0 Å². The third kappa shape index (κ3) is 63.7. The third-order valence-electron chi connectivity index (χ3n) is 14.9. The average molecular weight is 1090 g/mol. The van der Waals surface area contributed by atoms with E-state index in [2.05, 4.69) is 93.7 Å². The van der Waals surface area contributed by atoms with Crippen LogP contribution < -0.4 is 0 Å². The quantitative estimate of drug-likeness (QED) is 0.0261. The molecule has 0 spiro atoms. The minimum atomic E-state index is -0.774. The zero-order chi connectivity index (χ0) is 56.4. The molecule has 0 N–H and O–H groups in total. The maximum atomic E-state index is 12.9. The van der Waals surface area contributed by atoms with Crippen LogP contribution in [-0.2, 0) is 28.6 Å². The van der Waals surface area contributed by atoms with Gasteiger partial charge in [0.2, 0.25) is 0 Å². The van der Waals surface area contributed by atoms with Gasteiger partial charge in [0, 0.05) is 19.3 Å². The van der Waals surface area contributed by atoms with E-state index < -0.39 is 6.10 Å². The number of unbranched alkanes of at least 4 members (excludes halogenated alkanes) is 39. The van der Waals surface area contributed by atoms with Crippen LogP contribution in [0.2, 0.25) is 0 Å². The molecule has 452 valence electrons. The first kappa shape index (κ1) is 74.8. The van der Waals surface area contributed by atoms with Crippen molar-refractivity contribution < 1.29 is 28.6 Å². The molecule has 0 saturated carbocycles. The molecule has 0 aliphatic rings. The molecule has 0 radical (unpaired) electrons. The Morgan fingerprint density at radius 1 is 0.269 bits per heavy atom. The third-order valence-corrected chi connectivity index (χ3v) is 14.9. The van der Waals surface area contributed by atoms with Crippen molar-refractivity contribution >= 4 is 17.9 Å². The van der Waals surface area contributed by atoms with E-state index in [9.17, 15) is 14.4 Å². The first-order chi connectivity index (χ1) is 38.5. The van der Waals surface area contributed by atoms with Gasteiger partial charge in [-0.2, -0.15) is 0 Å². The number of carbonyl (C=O) groups excluding carboxylic acids is 3. The maximum Gasteiger partial charge on any atom is 0.306 e. The molecular weight excluding hydrogens is 961 g/mol. The number of esters is 3. The normalized spacial score (nSPS) is 12.5. The molecule has 0 aromatic carbocycles. The first-order valence-electron chi connectivity index (χ1n) is 33.9. The summed E-state index contributed by atoms with van der Waals surface area (Å²) < 4.78 is 16.8. The topological polar surface area (TPSA) is 78.9 Å². The monoisotopic (exact) mass is 1090 g/mol. The minimum absolute atomic E-state index is 0.0733. The number of carbonyl (C=O) groups is 3. The average Bonchev–Trinajstić information content (AvgIpc) is 3.44. The number of ether oxygens (including phenoxy) is 3. The summed E-state index contributed by atoms with van der Waals surface area (Å²) in [6.45, 7) is 6.50. The van der Waals surface area contributed by atoms with Crippen molar-refractivity contribution in [2.45, 2.75) is 354 Å². The Kier molecular flexibility index (Phi) is 63.7. The Morgan fingerprint density at radius 3 is 0.782 bits per heavy atom. The van der Waals surface area contributed by atoms with E-state index in [0.29, 0.717) is 19.3 Å². The largest absolute Gasteiger partial charge is 0.462 e. The number of hydrogen-bond donors (Lipinski definition) is 0. The maximum absolute atomic E-state index is 12.9. The predicted octanol–water partition coefficient (Wildman–Crippen LogP) is 23.3. The highest BCUT2D eigenvalue weighted by Gasteiger charge is 2.19. The zero-order valence-electron chi connectivity index (χ0n) is 51.9. The summed E-state index contributed by atoms with van der Waals surface area (Å²) in [4.78, 5) is 38.1. The Balaban J connectivity index is 4.00. The van der Waals surface area contributed by atoms with Gasteiger partial charge in [0.15, 0.2) is 6.10 Å². The molecule has 6 heteroatoms. The van der Waals surface area contributed by atoms with E-state index in [1.54, 1.807) is 0 Å². The Bertz CT molecular complexity index is 1440. The van der Waals surface area contributed by atoms with E-state index >= 15 is 0 Å². The van der Waals surface area contributed by atoms with Crippen LogP contribution in [0.15, 0.2) is 72.9 Å². The van der Waals surface area contributed by atoms with Gasteiger partial charge in [-0.1, -0.05) is 312 Å². The standard InChI is InChI=1S/C72H128O6/c1-4-7-10-13-16-18-20-22-24-26-28-30-32-33-34-35-36-37-38-39-41-42-44-46-48-50-52-54-56-59-62-65-71(74)77-68-69(67-76-70(73)64-61-58-15-12-9-6-3)78-72(75)66-63-60-57-55-53-51-49-47-45-43-40-31-29-27-25-23-21-19-17-14-11-8-5-2/h8,11,17,19-20,22-23,25-26,28-29,31,69H,4-7,9-10,12-16,18,21,24,27,30,32-68H2,1-3H3/b11-8-,19-17-,22-20-,25-23-,28-26-,31-29-. The van der Waals surface area contributed by atoms with E-state index in [0.717, 1.165) is 89.9 Å². The lowest BCUT2D eigenvalue weighted by atomic mass is 10.0. The van der Waals surface area contributed by atoms with Gasteiger partial charge in [-0.05, 0) is 89.9 Å². The first-order valence-corrected chi connectivity index (χ1v) is 33.9. The molecule has 0 heterocycles. The van der Waals surface area contributed by atoms with Gasteiger partial charge in [-0.25, -0.2) is 0 Å². The van der Waals surface area contributed by atoms with Gasteiger partial charge in [-0.3, -0.25) is 14.4 Å². The second-order valence-corrected chi connectivity index (χ2v) is 22.7. The van der Waals surface area contributed by atoms with Crippen LogP contribution in [0.1, 0.15) is 348 Å². The van der Waals surface area contributed by atoms with Gasteiger partial charge in [0.25, 0.3) is 0 Å². The van der Waals surface area contributed by atoms with Crippen molar-refractivity contribution in [1.29, 1.82) is 0 Å². The van der Waals surface area contributed by atoms with Crippen LogP contribution in [-0.4, -0.2) is 37.2 Å². The van der Waals surface area contributed by atoms with Crippen LogP contribution in [0.25, 0.3) is 0 Å². The van der Waals surface area contributed by atoms with E-state index in [1.807, 2.05) is 0 Å². The second-order valence-electron chi connectivity index (χ2n) is 22.7. The van der Waals surface area contributed by atoms with E-state index in [-0.39, 0.29) is 31.1 Å². The highest BCUT2D eigenvalue weighted by molar-refractivity contribution is 5.71. The van der Waals surface area contributed by atoms with E-state index in [4.69, 9.17) is 14.2 Å². The molecular formula is C72H128O6. The highest BCUT2D eigenvalue weighted by atomic mass is 16.6. The summed E-state index contributed by atoms with van der Waals surface area (Å²) in [5.74, 6) is -0.871. The Hall–Kier alpha value is -3.15.